The summed E-state index contributed by atoms with van der Waals surface area (Å²) in [5, 5.41) is 0. The van der Waals surface area contributed by atoms with E-state index < -0.39 is 0 Å². The van der Waals surface area contributed by atoms with Crippen LogP contribution in [0.2, 0.25) is 0 Å². The molecular weight excluding hydrogens is 1360 g/mol. The van der Waals surface area contributed by atoms with Gasteiger partial charge < -0.3 is 19.4 Å². The summed E-state index contributed by atoms with van der Waals surface area (Å²) in [5.74, 6) is 0. The van der Waals surface area contributed by atoms with Crippen molar-refractivity contribution in [3.05, 3.63) is 100 Å². The standard InChI is InChI=1S/C90H160N2.2C8H17.Ni/c1-7-13-19-22-24-26-28-30-32-34-36-38-40-42-44-46-48-50-52-54-56-58-60-62-64-66-71-83-75-81(69-16-10-4)77-85(79-83)89-87(73-18-12-6)88(74-68-21-15-9-3)90(92(89)91)86-78-82(70-17-11-5)76-84(80-86)72-67-65-63-61-59-57-55-53-51-49-47-45-43-41-39-37-35-33-31-29-27-25-23-20-14-8-2;2*1-3-5-7-8-6-4-2;/h75-80H,7-74H2,1-6H3;2*1,3-8H2,2H3;/q;2*-1;+2. The van der Waals surface area contributed by atoms with Crippen LogP contribution in [-0.4, -0.2) is 4.70 Å². The van der Waals surface area contributed by atoms with Crippen LogP contribution >= 0.6 is 0 Å². The second-order valence-corrected chi connectivity index (χ2v) is 34.9. The molecule has 0 aliphatic carbocycles. The van der Waals surface area contributed by atoms with Crippen molar-refractivity contribution in [3.63, 3.8) is 0 Å². The number of rotatable bonds is 80. The van der Waals surface area contributed by atoms with Crippen LogP contribution in [0.25, 0.3) is 16.9 Å². The van der Waals surface area contributed by atoms with Gasteiger partial charge in [-0.25, -0.2) is 4.70 Å². The number of hydrogen-bond donors (Lipinski definition) is 0. The minimum atomic E-state index is 0. The molecule has 0 unspecified atom stereocenters. The van der Waals surface area contributed by atoms with E-state index in [1.54, 1.807) is 4.70 Å². The molecule has 0 atom stereocenters. The molecule has 109 heavy (non-hydrogen) atoms. The molecule has 0 saturated heterocycles. The molecule has 0 saturated carbocycles. The second kappa shape index (κ2) is 85.4. The van der Waals surface area contributed by atoms with Gasteiger partial charge in [0, 0.05) is 22.3 Å². The zero-order chi connectivity index (χ0) is 78.2. The van der Waals surface area contributed by atoms with Crippen molar-refractivity contribution in [2.45, 2.75) is 569 Å². The molecule has 0 spiro atoms. The Hall–Kier alpha value is -1.99. The number of aryl methyl sites for hydroxylation is 4. The van der Waals surface area contributed by atoms with Gasteiger partial charge >= 0.3 is 16.5 Å². The van der Waals surface area contributed by atoms with Gasteiger partial charge in [0.2, 0.25) is 11.4 Å². The van der Waals surface area contributed by atoms with Gasteiger partial charge in [0.15, 0.2) is 0 Å². The predicted octanol–water partition coefficient (Wildman–Crippen LogP) is 38.5. The molecule has 0 amide bonds. The van der Waals surface area contributed by atoms with Crippen molar-refractivity contribution in [1.29, 1.82) is 0 Å². The smallest absolute Gasteiger partial charge is 0.493 e. The molecule has 1 heterocycles. The average Bonchev–Trinajstić information content (AvgIpc) is 1.61. The number of nitrogens with zero attached hydrogens (tertiary/aromatic N) is 2. The van der Waals surface area contributed by atoms with Gasteiger partial charge in [-0.3, -0.25) is 0 Å². The molecule has 0 N–H and O–H groups in total. The molecule has 1 aliphatic rings. The Morgan fingerprint density at radius 3 is 0.541 bits per heavy atom. The Morgan fingerprint density at radius 1 is 0.193 bits per heavy atom. The van der Waals surface area contributed by atoms with Crippen LogP contribution in [0.15, 0.2) is 47.5 Å². The summed E-state index contributed by atoms with van der Waals surface area (Å²) in [6, 6.07) is 15.0. The Labute approximate surface area is 697 Å². The molecular formula is C106H194N2Ni. The normalized spacial score (nSPS) is 12.2. The van der Waals surface area contributed by atoms with Crippen LogP contribution in [0.4, 0.5) is 0 Å². The first-order chi connectivity index (χ1) is 53.3. The van der Waals surface area contributed by atoms with Crippen LogP contribution in [0.5, 0.6) is 0 Å². The van der Waals surface area contributed by atoms with Crippen LogP contribution in [0.1, 0.15) is 577 Å². The van der Waals surface area contributed by atoms with Crippen molar-refractivity contribution in [3.8, 4) is 0 Å². The fourth-order valence-corrected chi connectivity index (χ4v) is 16.9. The molecule has 2 nitrogen and oxygen atoms in total. The minimum Gasteiger partial charge on any atom is -0.493 e. The average molecular weight is 1560 g/mol. The summed E-state index contributed by atoms with van der Waals surface area (Å²) in [4.78, 5) is 0. The van der Waals surface area contributed by atoms with E-state index >= 15 is 0 Å². The van der Waals surface area contributed by atoms with E-state index in [4.69, 9.17) is 0 Å². The van der Waals surface area contributed by atoms with E-state index in [9.17, 15) is 5.53 Å². The van der Waals surface area contributed by atoms with Gasteiger partial charge in [-0.15, -0.1) is 0 Å². The first kappa shape index (κ1) is 107. The summed E-state index contributed by atoms with van der Waals surface area (Å²) in [6.45, 7) is 26.0. The SMILES string of the molecule is CCCCCCCCCCCCCCCCCCCCCCCCCCCCc1cc(CCCC)cc(C2=C(CCCC)C(CCCCCC)=C(c3cc(CCCC)cc(CCCCCCCCCCCCCCCCCCCCCCCCCCCC)c3)[N+]2=[N-])c1.[CH2-]CCCCCCC.[CH2-]CCCCCCC.[Ni+2]. The van der Waals surface area contributed by atoms with Crippen LogP contribution in [0, 0.1) is 13.8 Å². The molecule has 2 aromatic carbocycles. The third kappa shape index (κ3) is 63.9. The van der Waals surface area contributed by atoms with Crippen LogP contribution in [0.3, 0.4) is 0 Å². The predicted molar refractivity (Wildman–Crippen MR) is 492 cm³/mol. The van der Waals surface area contributed by atoms with Gasteiger partial charge in [0.1, 0.15) is 0 Å². The van der Waals surface area contributed by atoms with Gasteiger partial charge in [-0.1, -0.05) is 491 Å². The quantitative estimate of drug-likeness (QED) is 0.0273. The molecule has 0 aromatic heterocycles. The van der Waals surface area contributed by atoms with Crippen molar-refractivity contribution < 1.29 is 21.2 Å². The molecule has 0 fully saturated rings. The van der Waals surface area contributed by atoms with Gasteiger partial charge in [0.25, 0.3) is 0 Å². The van der Waals surface area contributed by atoms with E-state index in [-0.39, 0.29) is 16.5 Å². The summed E-state index contributed by atoms with van der Waals surface area (Å²) in [6.07, 6.45) is 109. The third-order valence-electron chi connectivity index (χ3n) is 24.1. The second-order valence-electron chi connectivity index (χ2n) is 34.9. The van der Waals surface area contributed by atoms with Crippen molar-refractivity contribution in [2.75, 3.05) is 0 Å². The van der Waals surface area contributed by atoms with Crippen molar-refractivity contribution >= 4 is 11.4 Å². The number of allylic oxidation sites excluding steroid dienone is 2. The topological polar surface area (TPSA) is 25.3 Å². The summed E-state index contributed by atoms with van der Waals surface area (Å²) in [5.41, 5.74) is 26.4. The first-order valence-corrected chi connectivity index (χ1v) is 50.1. The maximum atomic E-state index is 13.0. The third-order valence-corrected chi connectivity index (χ3v) is 24.1. The minimum absolute atomic E-state index is 0. The molecule has 0 bridgehead atoms. The zero-order valence-corrected chi connectivity index (χ0v) is 76.6. The Balaban J connectivity index is 0.00000612. The molecule has 638 valence electrons. The van der Waals surface area contributed by atoms with E-state index in [0.29, 0.717) is 0 Å². The molecule has 1 aliphatic heterocycles. The maximum Gasteiger partial charge on any atom is 2.00 e. The molecule has 3 heteroatoms. The van der Waals surface area contributed by atoms with Gasteiger partial charge in [0.05, 0.1) is 0 Å². The van der Waals surface area contributed by atoms with E-state index in [0.717, 1.165) is 69.2 Å². The summed E-state index contributed by atoms with van der Waals surface area (Å²) < 4.78 is 1.73. The van der Waals surface area contributed by atoms with Crippen LogP contribution in [-0.2, 0) is 42.2 Å². The largest absolute Gasteiger partial charge is 2.00 e. The zero-order valence-electron chi connectivity index (χ0n) is 75.7. The van der Waals surface area contributed by atoms with Crippen LogP contribution < -0.4 is 0 Å². The van der Waals surface area contributed by atoms with Crippen molar-refractivity contribution in [1.82, 2.24) is 0 Å². The van der Waals surface area contributed by atoms with E-state index in [1.165, 1.54) is 500 Å². The summed E-state index contributed by atoms with van der Waals surface area (Å²) >= 11 is 0. The molecule has 2 aromatic rings. The number of benzene rings is 2. The van der Waals surface area contributed by atoms with Gasteiger partial charge in [-0.05, 0) is 124 Å². The fraction of sp³-hybridized carbons (Fsp3) is 0.830. The Morgan fingerprint density at radius 2 is 0.339 bits per heavy atom. The fourth-order valence-electron chi connectivity index (χ4n) is 16.9. The summed E-state index contributed by atoms with van der Waals surface area (Å²) in [7, 11) is 0. The van der Waals surface area contributed by atoms with E-state index in [1.807, 2.05) is 0 Å². The number of hydrogen-bond acceptors (Lipinski definition) is 0. The first-order valence-electron chi connectivity index (χ1n) is 50.1. The Bertz CT molecular complexity index is 2240. The monoisotopic (exact) mass is 1550 g/mol. The molecule has 0 radical (unpaired) electrons. The van der Waals surface area contributed by atoms with Crippen molar-refractivity contribution in [2.24, 2.45) is 0 Å². The maximum absolute atomic E-state index is 13.0. The molecule has 3 rings (SSSR count). The van der Waals surface area contributed by atoms with E-state index in [2.05, 4.69) is 106 Å². The van der Waals surface area contributed by atoms with Gasteiger partial charge in [-0.2, -0.15) is 12.8 Å². The Kier molecular flexibility index (Phi) is 83.8. The number of unbranched alkanes of at least 4 members (excludes halogenated alkanes) is 66.